The lowest BCUT2D eigenvalue weighted by molar-refractivity contribution is 0.0996. The third-order valence-corrected chi connectivity index (χ3v) is 4.03. The van der Waals surface area contributed by atoms with Crippen molar-refractivity contribution in [2.45, 2.75) is 0 Å². The molecule has 0 aliphatic carbocycles. The first-order chi connectivity index (χ1) is 13.2. The largest absolute Gasteiger partial charge is 0.459 e. The molecule has 0 unspecified atom stereocenters. The van der Waals surface area contributed by atoms with Gasteiger partial charge in [-0.15, -0.1) is 0 Å². The summed E-state index contributed by atoms with van der Waals surface area (Å²) in [6, 6.07) is 21.6. The van der Waals surface area contributed by atoms with Gasteiger partial charge in [0.2, 0.25) is 0 Å². The molecule has 2 aromatic carbocycles. The van der Waals surface area contributed by atoms with Crippen molar-refractivity contribution in [2.75, 3.05) is 5.32 Å². The predicted octanol–water partition coefficient (Wildman–Crippen LogP) is 3.95. The van der Waals surface area contributed by atoms with Gasteiger partial charge >= 0.3 is 0 Å². The lowest BCUT2D eigenvalue weighted by atomic mass is 10.1. The number of nitrogens with zero attached hydrogens (tertiary/aromatic N) is 1. The fourth-order valence-electron chi connectivity index (χ4n) is 2.69. The van der Waals surface area contributed by atoms with E-state index in [0.29, 0.717) is 11.4 Å². The number of aromatic amines is 1. The number of H-pyrrole nitrogens is 1. The number of aromatic nitrogens is 2. The minimum Gasteiger partial charge on any atom is -0.459 e. The van der Waals surface area contributed by atoms with Crippen molar-refractivity contribution < 1.29 is 9.21 Å². The van der Waals surface area contributed by atoms with Crippen molar-refractivity contribution >= 4 is 11.6 Å². The Morgan fingerprint density at radius 2 is 1.70 bits per heavy atom. The van der Waals surface area contributed by atoms with E-state index >= 15 is 0 Å². The first-order valence-electron chi connectivity index (χ1n) is 8.30. The van der Waals surface area contributed by atoms with E-state index in [1.807, 2.05) is 36.4 Å². The van der Waals surface area contributed by atoms with E-state index in [-0.39, 0.29) is 17.2 Å². The number of amides is 1. The van der Waals surface area contributed by atoms with Gasteiger partial charge in [0.15, 0.2) is 5.76 Å². The maximum Gasteiger partial charge on any atom is 0.291 e. The molecule has 0 bridgehead atoms. The van der Waals surface area contributed by atoms with Gasteiger partial charge in [0, 0.05) is 22.9 Å². The predicted molar refractivity (Wildman–Crippen MR) is 102 cm³/mol. The number of anilines is 1. The molecule has 0 radical (unpaired) electrons. The standard InChI is InChI=1S/C21H15N3O3/c25-20-10-9-18(23-24-20)15-7-4-8-17(11-15)22-21(26)19-12-16(13-27-19)14-5-2-1-3-6-14/h1-13H,(H,22,26)(H,24,25). The van der Waals surface area contributed by atoms with Crippen LogP contribution in [0.2, 0.25) is 0 Å². The summed E-state index contributed by atoms with van der Waals surface area (Å²) < 4.78 is 5.42. The number of rotatable bonds is 4. The second-order valence-electron chi connectivity index (χ2n) is 5.91. The Hall–Kier alpha value is -3.93. The van der Waals surface area contributed by atoms with E-state index < -0.39 is 0 Å². The Bertz CT molecular complexity index is 1130. The van der Waals surface area contributed by atoms with Gasteiger partial charge in [0.25, 0.3) is 11.5 Å². The summed E-state index contributed by atoms with van der Waals surface area (Å²) in [5.41, 5.74) is 3.53. The molecule has 0 saturated heterocycles. The zero-order valence-electron chi connectivity index (χ0n) is 14.2. The lowest BCUT2D eigenvalue weighted by Gasteiger charge is -2.05. The van der Waals surface area contributed by atoms with Crippen LogP contribution in [0, 0.1) is 0 Å². The number of nitrogens with one attached hydrogen (secondary N) is 2. The van der Waals surface area contributed by atoms with E-state index in [4.69, 9.17) is 4.42 Å². The van der Waals surface area contributed by atoms with Gasteiger partial charge in [-0.25, -0.2) is 5.10 Å². The zero-order chi connectivity index (χ0) is 18.6. The fraction of sp³-hybridized carbons (Fsp3) is 0. The van der Waals surface area contributed by atoms with E-state index in [1.165, 1.54) is 6.07 Å². The van der Waals surface area contributed by atoms with Crippen LogP contribution in [0.25, 0.3) is 22.4 Å². The third kappa shape index (κ3) is 3.69. The third-order valence-electron chi connectivity index (χ3n) is 4.03. The fourth-order valence-corrected chi connectivity index (χ4v) is 2.69. The van der Waals surface area contributed by atoms with Crippen molar-refractivity contribution in [3.05, 3.63) is 95.2 Å². The van der Waals surface area contributed by atoms with Crippen LogP contribution in [0.5, 0.6) is 0 Å². The smallest absolute Gasteiger partial charge is 0.291 e. The number of furan rings is 1. The molecule has 27 heavy (non-hydrogen) atoms. The SMILES string of the molecule is O=C(Nc1cccc(-c2ccc(=O)[nH]n2)c1)c1cc(-c2ccccc2)co1. The summed E-state index contributed by atoms with van der Waals surface area (Å²) in [4.78, 5) is 23.6. The van der Waals surface area contributed by atoms with E-state index in [2.05, 4.69) is 15.5 Å². The quantitative estimate of drug-likeness (QED) is 0.579. The molecule has 0 saturated carbocycles. The second kappa shape index (κ2) is 7.13. The summed E-state index contributed by atoms with van der Waals surface area (Å²) in [7, 11) is 0. The van der Waals surface area contributed by atoms with Gasteiger partial charge in [-0.2, -0.15) is 5.10 Å². The highest BCUT2D eigenvalue weighted by Gasteiger charge is 2.13. The molecule has 6 nitrogen and oxygen atoms in total. The van der Waals surface area contributed by atoms with Crippen LogP contribution in [-0.2, 0) is 0 Å². The molecule has 2 N–H and O–H groups in total. The first kappa shape index (κ1) is 16.5. The maximum atomic E-state index is 12.5. The Morgan fingerprint density at radius 1 is 0.889 bits per heavy atom. The minimum atomic E-state index is -0.344. The van der Waals surface area contributed by atoms with Crippen LogP contribution in [0.4, 0.5) is 5.69 Å². The molecule has 132 valence electrons. The number of benzene rings is 2. The van der Waals surface area contributed by atoms with Crippen molar-refractivity contribution in [1.29, 1.82) is 0 Å². The Labute approximate surface area is 154 Å². The molecule has 0 atom stereocenters. The molecule has 0 spiro atoms. The minimum absolute atomic E-state index is 0.224. The Balaban J connectivity index is 1.53. The topological polar surface area (TPSA) is 88.0 Å². The molecule has 0 fully saturated rings. The van der Waals surface area contributed by atoms with E-state index in [1.54, 1.807) is 36.6 Å². The molecule has 2 heterocycles. The second-order valence-corrected chi connectivity index (χ2v) is 5.91. The van der Waals surface area contributed by atoms with E-state index in [9.17, 15) is 9.59 Å². The van der Waals surface area contributed by atoms with Gasteiger partial charge < -0.3 is 9.73 Å². The molecule has 6 heteroatoms. The number of carbonyl (C=O) groups is 1. The average molecular weight is 357 g/mol. The molecular formula is C21H15N3O3. The van der Waals surface area contributed by atoms with Gasteiger partial charge in [-0.05, 0) is 29.8 Å². The van der Waals surface area contributed by atoms with Crippen LogP contribution in [0.15, 0.2) is 88.3 Å². The van der Waals surface area contributed by atoms with Gasteiger partial charge in [0.05, 0.1) is 12.0 Å². The molecular weight excluding hydrogens is 342 g/mol. The number of hydrogen-bond donors (Lipinski definition) is 2. The van der Waals surface area contributed by atoms with Gasteiger partial charge in [-0.3, -0.25) is 9.59 Å². The summed E-state index contributed by atoms with van der Waals surface area (Å²) in [6.07, 6.45) is 1.56. The van der Waals surface area contributed by atoms with Crippen molar-refractivity contribution in [3.8, 4) is 22.4 Å². The highest BCUT2D eigenvalue weighted by molar-refractivity contribution is 6.03. The zero-order valence-corrected chi connectivity index (χ0v) is 14.2. The molecule has 0 aliphatic heterocycles. The summed E-state index contributed by atoms with van der Waals surface area (Å²) in [5, 5.41) is 9.20. The van der Waals surface area contributed by atoms with Gasteiger partial charge in [-0.1, -0.05) is 42.5 Å². The monoisotopic (exact) mass is 357 g/mol. The van der Waals surface area contributed by atoms with Crippen LogP contribution in [0.3, 0.4) is 0 Å². The average Bonchev–Trinajstić information content (AvgIpc) is 3.20. The highest BCUT2D eigenvalue weighted by Crippen LogP contribution is 2.23. The van der Waals surface area contributed by atoms with Gasteiger partial charge in [0.1, 0.15) is 0 Å². The first-order valence-corrected chi connectivity index (χ1v) is 8.30. The Morgan fingerprint density at radius 3 is 2.48 bits per heavy atom. The normalized spacial score (nSPS) is 10.5. The van der Waals surface area contributed by atoms with Crippen molar-refractivity contribution in [2.24, 2.45) is 0 Å². The molecule has 4 aromatic rings. The van der Waals surface area contributed by atoms with Crippen LogP contribution in [0.1, 0.15) is 10.6 Å². The van der Waals surface area contributed by atoms with Crippen LogP contribution < -0.4 is 10.9 Å². The summed E-state index contributed by atoms with van der Waals surface area (Å²) >= 11 is 0. The molecule has 4 rings (SSSR count). The maximum absolute atomic E-state index is 12.5. The molecule has 2 aromatic heterocycles. The summed E-state index contributed by atoms with van der Waals surface area (Å²) in [5.74, 6) is -0.120. The summed E-state index contributed by atoms with van der Waals surface area (Å²) in [6.45, 7) is 0. The van der Waals surface area contributed by atoms with Crippen LogP contribution >= 0.6 is 0 Å². The number of carbonyl (C=O) groups excluding carboxylic acids is 1. The molecule has 0 aliphatic rings. The lowest BCUT2D eigenvalue weighted by Crippen LogP contribution is -2.11. The van der Waals surface area contributed by atoms with Crippen LogP contribution in [-0.4, -0.2) is 16.1 Å². The van der Waals surface area contributed by atoms with Crippen molar-refractivity contribution in [1.82, 2.24) is 10.2 Å². The molecule has 1 amide bonds. The number of hydrogen-bond acceptors (Lipinski definition) is 4. The Kier molecular flexibility index (Phi) is 4.37. The highest BCUT2D eigenvalue weighted by atomic mass is 16.3. The van der Waals surface area contributed by atoms with E-state index in [0.717, 1.165) is 16.7 Å². The van der Waals surface area contributed by atoms with Crippen molar-refractivity contribution in [3.63, 3.8) is 0 Å².